The van der Waals surface area contributed by atoms with Crippen LogP contribution in [0.15, 0.2) is 17.0 Å². The summed E-state index contributed by atoms with van der Waals surface area (Å²) >= 11 is 3.30. The molecule has 1 aliphatic heterocycles. The van der Waals surface area contributed by atoms with Gasteiger partial charge in [-0.3, -0.25) is 4.31 Å². The molecule has 132 valence electrons. The van der Waals surface area contributed by atoms with Crippen molar-refractivity contribution in [3.05, 3.63) is 21.9 Å². The maximum Gasteiger partial charge on any atom is 0.265 e. The fraction of sp³-hybridized carbons (Fsp3) is 0.556. The highest BCUT2D eigenvalue weighted by atomic mass is 32.2. The molecule has 0 fully saturated rings. The largest absolute Gasteiger partial charge is 0.265 e. The van der Waals surface area contributed by atoms with Crippen LogP contribution >= 0.6 is 22.7 Å². The molecule has 0 aromatic carbocycles. The Kier molecular flexibility index (Phi) is 5.09. The highest BCUT2D eigenvalue weighted by molar-refractivity contribution is 7.93. The lowest BCUT2D eigenvalue weighted by Crippen LogP contribution is -2.37. The standard InChI is InChI=1S/C18H25NO2S3/c1-5-7-8-14(6-2)11-19-15-9-12(3)22-17(15)18-16(24(19,20)21)10-13(4)23-18/h9-10,14H,5-8,11H2,1-4H3. The first-order chi connectivity index (χ1) is 11.4. The first-order valence-electron chi connectivity index (χ1n) is 8.62. The summed E-state index contributed by atoms with van der Waals surface area (Å²) in [5, 5.41) is 0. The van der Waals surface area contributed by atoms with Crippen LogP contribution in [0.25, 0.3) is 9.75 Å². The van der Waals surface area contributed by atoms with Crippen molar-refractivity contribution in [2.45, 2.75) is 58.3 Å². The lowest BCUT2D eigenvalue weighted by molar-refractivity contribution is 0.459. The van der Waals surface area contributed by atoms with E-state index in [-0.39, 0.29) is 0 Å². The van der Waals surface area contributed by atoms with Crippen molar-refractivity contribution >= 4 is 38.4 Å². The molecule has 0 bridgehead atoms. The molecular formula is C18H25NO2S3. The van der Waals surface area contributed by atoms with Crippen LogP contribution in [0.1, 0.15) is 49.3 Å². The Hall–Kier alpha value is -0.850. The Bertz CT molecular complexity index is 833. The van der Waals surface area contributed by atoms with Gasteiger partial charge in [-0.1, -0.05) is 33.1 Å². The second-order valence-electron chi connectivity index (χ2n) is 6.57. The van der Waals surface area contributed by atoms with Gasteiger partial charge in [0.1, 0.15) is 4.90 Å². The summed E-state index contributed by atoms with van der Waals surface area (Å²) in [6.07, 6.45) is 4.41. The fourth-order valence-electron chi connectivity index (χ4n) is 3.29. The summed E-state index contributed by atoms with van der Waals surface area (Å²) in [4.78, 5) is 4.78. The molecule has 2 aromatic heterocycles. The number of fused-ring (bicyclic) bond motifs is 3. The number of hydrogen-bond donors (Lipinski definition) is 0. The van der Waals surface area contributed by atoms with Gasteiger partial charge < -0.3 is 0 Å². The molecule has 0 spiro atoms. The minimum Gasteiger partial charge on any atom is -0.264 e. The number of sulfonamides is 1. The highest BCUT2D eigenvalue weighted by Gasteiger charge is 2.38. The van der Waals surface area contributed by atoms with Crippen molar-refractivity contribution < 1.29 is 8.42 Å². The zero-order chi connectivity index (χ0) is 17.5. The van der Waals surface area contributed by atoms with E-state index in [0.717, 1.165) is 46.0 Å². The Balaban J connectivity index is 2.06. The van der Waals surface area contributed by atoms with Crippen molar-refractivity contribution in [2.75, 3.05) is 10.8 Å². The van der Waals surface area contributed by atoms with E-state index < -0.39 is 10.0 Å². The molecule has 2 aromatic rings. The molecule has 0 aliphatic carbocycles. The van der Waals surface area contributed by atoms with Crippen LogP contribution in [-0.4, -0.2) is 15.0 Å². The SMILES string of the molecule is CCCCC(CC)CN1c2cc(C)sc2-c2sc(C)cc2S1(=O)=O. The number of thiophene rings is 2. The Morgan fingerprint density at radius 3 is 2.42 bits per heavy atom. The number of rotatable bonds is 6. The first-order valence-corrected chi connectivity index (χ1v) is 11.7. The maximum atomic E-state index is 13.3. The molecule has 6 heteroatoms. The normalized spacial score (nSPS) is 16.8. The van der Waals surface area contributed by atoms with Crippen molar-refractivity contribution in [2.24, 2.45) is 5.92 Å². The Morgan fingerprint density at radius 1 is 1.08 bits per heavy atom. The lowest BCUT2D eigenvalue weighted by Gasteiger charge is -2.31. The maximum absolute atomic E-state index is 13.3. The molecule has 1 aliphatic rings. The molecule has 3 nitrogen and oxygen atoms in total. The zero-order valence-electron chi connectivity index (χ0n) is 14.8. The summed E-state index contributed by atoms with van der Waals surface area (Å²) < 4.78 is 28.2. The molecule has 3 rings (SSSR count). The Morgan fingerprint density at radius 2 is 1.75 bits per heavy atom. The average Bonchev–Trinajstić information content (AvgIpc) is 3.10. The molecule has 0 saturated carbocycles. The number of nitrogens with zero attached hydrogens (tertiary/aromatic N) is 1. The second kappa shape index (κ2) is 6.81. The van der Waals surface area contributed by atoms with Gasteiger partial charge in [-0.15, -0.1) is 22.7 Å². The van der Waals surface area contributed by atoms with Crippen LogP contribution < -0.4 is 4.31 Å². The summed E-state index contributed by atoms with van der Waals surface area (Å²) in [6.45, 7) is 8.99. The molecule has 1 unspecified atom stereocenters. The highest BCUT2D eigenvalue weighted by Crippen LogP contribution is 2.51. The second-order valence-corrected chi connectivity index (χ2v) is 10.9. The minimum absolute atomic E-state index is 0.411. The molecular weight excluding hydrogens is 358 g/mol. The molecule has 0 radical (unpaired) electrons. The van der Waals surface area contributed by atoms with Gasteiger partial charge >= 0.3 is 0 Å². The van der Waals surface area contributed by atoms with E-state index in [0.29, 0.717) is 17.4 Å². The van der Waals surface area contributed by atoms with Crippen LogP contribution in [-0.2, 0) is 10.0 Å². The fourth-order valence-corrected chi connectivity index (χ4v) is 7.71. The summed E-state index contributed by atoms with van der Waals surface area (Å²) in [5.41, 5.74) is 0.891. The van der Waals surface area contributed by atoms with E-state index in [2.05, 4.69) is 20.8 Å². The van der Waals surface area contributed by atoms with Crippen molar-refractivity contribution in [3.8, 4) is 9.75 Å². The smallest absolute Gasteiger partial charge is 0.264 e. The summed E-state index contributed by atoms with van der Waals surface area (Å²) in [6, 6.07) is 3.88. The van der Waals surface area contributed by atoms with Crippen LogP contribution in [0, 0.1) is 19.8 Å². The van der Waals surface area contributed by atoms with Crippen molar-refractivity contribution in [1.82, 2.24) is 0 Å². The number of unbranched alkanes of at least 4 members (excludes halogenated alkanes) is 1. The van der Waals surface area contributed by atoms with Crippen LogP contribution in [0.3, 0.4) is 0 Å². The predicted molar refractivity (Wildman–Crippen MR) is 105 cm³/mol. The van der Waals surface area contributed by atoms with E-state index in [1.807, 2.05) is 19.1 Å². The van der Waals surface area contributed by atoms with E-state index in [1.54, 1.807) is 27.0 Å². The van der Waals surface area contributed by atoms with Gasteiger partial charge in [-0.05, 0) is 38.3 Å². The molecule has 0 saturated heterocycles. The summed E-state index contributed by atoms with van der Waals surface area (Å²) in [5.74, 6) is 0.411. The third kappa shape index (κ3) is 3.04. The number of aryl methyl sites for hydroxylation is 2. The van der Waals surface area contributed by atoms with Gasteiger partial charge in [0.25, 0.3) is 10.0 Å². The Labute approximate surface area is 153 Å². The van der Waals surface area contributed by atoms with Crippen molar-refractivity contribution in [3.63, 3.8) is 0 Å². The zero-order valence-corrected chi connectivity index (χ0v) is 17.2. The lowest BCUT2D eigenvalue weighted by atomic mass is 9.99. The molecule has 0 N–H and O–H groups in total. The predicted octanol–water partition coefficient (Wildman–Crippen LogP) is 5.82. The minimum atomic E-state index is -3.44. The van der Waals surface area contributed by atoms with Gasteiger partial charge in [0.05, 0.1) is 15.4 Å². The van der Waals surface area contributed by atoms with Crippen molar-refractivity contribution in [1.29, 1.82) is 0 Å². The molecule has 0 amide bonds. The van der Waals surface area contributed by atoms with Crippen LogP contribution in [0.5, 0.6) is 0 Å². The molecule has 1 atom stereocenters. The molecule has 3 heterocycles. The van der Waals surface area contributed by atoms with Gasteiger partial charge in [0.15, 0.2) is 0 Å². The van der Waals surface area contributed by atoms with E-state index in [4.69, 9.17) is 0 Å². The third-order valence-electron chi connectivity index (χ3n) is 4.67. The van der Waals surface area contributed by atoms with Crippen LogP contribution in [0.2, 0.25) is 0 Å². The van der Waals surface area contributed by atoms with Crippen LogP contribution in [0.4, 0.5) is 5.69 Å². The summed E-state index contributed by atoms with van der Waals surface area (Å²) in [7, 11) is -3.44. The number of hydrogen-bond acceptors (Lipinski definition) is 4. The van der Waals surface area contributed by atoms with E-state index in [9.17, 15) is 8.42 Å². The average molecular weight is 384 g/mol. The van der Waals surface area contributed by atoms with Gasteiger partial charge in [-0.2, -0.15) is 0 Å². The number of anilines is 1. The topological polar surface area (TPSA) is 37.4 Å². The quantitative estimate of drug-likeness (QED) is 0.630. The van der Waals surface area contributed by atoms with Gasteiger partial charge in [0.2, 0.25) is 0 Å². The van der Waals surface area contributed by atoms with Gasteiger partial charge in [-0.25, -0.2) is 8.42 Å². The molecule has 24 heavy (non-hydrogen) atoms. The third-order valence-corrected chi connectivity index (χ3v) is 8.85. The monoisotopic (exact) mass is 383 g/mol. The van der Waals surface area contributed by atoms with E-state index in [1.165, 1.54) is 4.88 Å². The van der Waals surface area contributed by atoms with Gasteiger partial charge in [0, 0.05) is 16.3 Å². The first kappa shape index (κ1) is 18.0. The van der Waals surface area contributed by atoms with E-state index >= 15 is 0 Å².